The van der Waals surface area contributed by atoms with E-state index in [0.29, 0.717) is 13.0 Å². The molecule has 1 heterocycles. The summed E-state index contributed by atoms with van der Waals surface area (Å²) < 4.78 is 0. The molecule has 0 unspecified atom stereocenters. The first kappa shape index (κ1) is 13.9. The number of benzene rings is 1. The van der Waals surface area contributed by atoms with Gasteiger partial charge in [-0.25, -0.2) is 0 Å². The Hall–Kier alpha value is -1.49. The van der Waals surface area contributed by atoms with Gasteiger partial charge >= 0.3 is 0 Å². The van der Waals surface area contributed by atoms with Crippen LogP contribution in [0.2, 0.25) is 0 Å². The SMILES string of the molecule is CCc1ccc(NC(=O)CCN2CCSC2=O)cc1. The number of carbonyl (C=O) groups is 2. The van der Waals surface area contributed by atoms with Crippen LogP contribution in [0.25, 0.3) is 0 Å². The standard InChI is InChI=1S/C14H18N2O2S/c1-2-11-3-5-12(6-4-11)15-13(17)7-8-16-9-10-19-14(16)18/h3-6H,2,7-10H2,1H3,(H,15,17). The van der Waals surface area contributed by atoms with E-state index in [1.165, 1.54) is 17.3 Å². The molecule has 0 radical (unpaired) electrons. The molecule has 2 amide bonds. The van der Waals surface area contributed by atoms with Gasteiger partial charge in [-0.15, -0.1) is 0 Å². The number of anilines is 1. The lowest BCUT2D eigenvalue weighted by Gasteiger charge is -2.14. The highest BCUT2D eigenvalue weighted by Crippen LogP contribution is 2.17. The summed E-state index contributed by atoms with van der Waals surface area (Å²) in [6.45, 7) is 3.35. The number of rotatable bonds is 5. The average molecular weight is 278 g/mol. The summed E-state index contributed by atoms with van der Waals surface area (Å²) >= 11 is 1.32. The summed E-state index contributed by atoms with van der Waals surface area (Å²) in [5.74, 6) is 0.785. The maximum Gasteiger partial charge on any atom is 0.281 e. The number of hydrogen-bond acceptors (Lipinski definition) is 3. The molecular weight excluding hydrogens is 260 g/mol. The Bertz CT molecular complexity index is 459. The van der Waals surface area contributed by atoms with Crippen LogP contribution in [0.15, 0.2) is 24.3 Å². The minimum atomic E-state index is -0.0473. The maximum atomic E-state index is 11.8. The van der Waals surface area contributed by atoms with Crippen molar-refractivity contribution in [1.82, 2.24) is 4.90 Å². The third-order valence-corrected chi connectivity index (χ3v) is 3.99. The molecule has 0 spiro atoms. The summed E-state index contributed by atoms with van der Waals surface area (Å²) in [7, 11) is 0. The Kier molecular flexibility index (Phi) is 4.85. The van der Waals surface area contributed by atoms with Crippen LogP contribution in [0.4, 0.5) is 10.5 Å². The van der Waals surface area contributed by atoms with Crippen molar-refractivity contribution in [2.45, 2.75) is 19.8 Å². The third-order valence-electron chi connectivity index (χ3n) is 3.10. The van der Waals surface area contributed by atoms with E-state index in [-0.39, 0.29) is 11.1 Å². The zero-order valence-corrected chi connectivity index (χ0v) is 11.8. The number of nitrogens with zero attached hydrogens (tertiary/aromatic N) is 1. The zero-order chi connectivity index (χ0) is 13.7. The molecule has 4 nitrogen and oxygen atoms in total. The summed E-state index contributed by atoms with van der Waals surface area (Å²) in [5, 5.41) is 2.93. The van der Waals surface area contributed by atoms with Crippen LogP contribution in [0.3, 0.4) is 0 Å². The van der Waals surface area contributed by atoms with Crippen molar-refractivity contribution in [1.29, 1.82) is 0 Å². The molecule has 5 heteroatoms. The van der Waals surface area contributed by atoms with Crippen molar-refractivity contribution in [2.24, 2.45) is 0 Å². The Balaban J connectivity index is 1.78. The average Bonchev–Trinajstić information content (AvgIpc) is 2.83. The second-order valence-electron chi connectivity index (χ2n) is 4.45. The van der Waals surface area contributed by atoms with Gasteiger partial charge in [0.05, 0.1) is 0 Å². The highest BCUT2D eigenvalue weighted by Gasteiger charge is 2.21. The quantitative estimate of drug-likeness (QED) is 0.901. The smallest absolute Gasteiger partial charge is 0.281 e. The first-order chi connectivity index (χ1) is 9.19. The van der Waals surface area contributed by atoms with E-state index >= 15 is 0 Å². The van der Waals surface area contributed by atoms with Gasteiger partial charge in [0.1, 0.15) is 0 Å². The molecule has 1 N–H and O–H groups in total. The number of amides is 2. The third kappa shape index (κ3) is 3.99. The summed E-state index contributed by atoms with van der Waals surface area (Å²) in [4.78, 5) is 24.9. The summed E-state index contributed by atoms with van der Waals surface area (Å²) in [6.07, 6.45) is 1.34. The predicted molar refractivity (Wildman–Crippen MR) is 78.5 cm³/mol. The van der Waals surface area contributed by atoms with Crippen molar-refractivity contribution < 1.29 is 9.59 Å². The first-order valence-electron chi connectivity index (χ1n) is 6.49. The predicted octanol–water partition coefficient (Wildman–Crippen LogP) is 2.75. The van der Waals surface area contributed by atoms with Gasteiger partial charge in [0.2, 0.25) is 5.91 Å². The van der Waals surface area contributed by atoms with E-state index in [9.17, 15) is 9.59 Å². The molecule has 1 fully saturated rings. The van der Waals surface area contributed by atoms with Gasteiger partial charge in [-0.3, -0.25) is 9.59 Å². The normalized spacial score (nSPS) is 14.8. The van der Waals surface area contributed by atoms with Gasteiger partial charge in [-0.2, -0.15) is 0 Å². The van der Waals surface area contributed by atoms with Crippen LogP contribution in [-0.4, -0.2) is 34.9 Å². The van der Waals surface area contributed by atoms with Gasteiger partial charge < -0.3 is 10.2 Å². The number of nitrogens with one attached hydrogen (secondary N) is 1. The molecule has 0 aromatic heterocycles. The molecule has 1 saturated heterocycles. The van der Waals surface area contributed by atoms with Crippen LogP contribution in [-0.2, 0) is 11.2 Å². The molecule has 2 rings (SSSR count). The molecule has 0 aliphatic carbocycles. The fourth-order valence-corrected chi connectivity index (χ4v) is 2.76. The highest BCUT2D eigenvalue weighted by atomic mass is 32.2. The monoisotopic (exact) mass is 278 g/mol. The van der Waals surface area contributed by atoms with Crippen LogP contribution in [0.1, 0.15) is 18.9 Å². The van der Waals surface area contributed by atoms with Gasteiger partial charge in [0, 0.05) is 31.0 Å². The van der Waals surface area contributed by atoms with Gasteiger partial charge in [-0.05, 0) is 24.1 Å². The fraction of sp³-hybridized carbons (Fsp3) is 0.429. The van der Waals surface area contributed by atoms with Crippen molar-refractivity contribution in [3.05, 3.63) is 29.8 Å². The van der Waals surface area contributed by atoms with E-state index in [4.69, 9.17) is 0 Å². The molecule has 1 aromatic carbocycles. The van der Waals surface area contributed by atoms with Gasteiger partial charge in [-0.1, -0.05) is 30.8 Å². The van der Waals surface area contributed by atoms with Crippen molar-refractivity contribution in [3.8, 4) is 0 Å². The lowest BCUT2D eigenvalue weighted by Crippen LogP contribution is -2.27. The minimum Gasteiger partial charge on any atom is -0.332 e. The lowest BCUT2D eigenvalue weighted by molar-refractivity contribution is -0.116. The molecule has 1 aliphatic heterocycles. The Morgan fingerprint density at radius 2 is 2.11 bits per heavy atom. The molecule has 0 saturated carbocycles. The maximum absolute atomic E-state index is 11.8. The molecule has 102 valence electrons. The van der Waals surface area contributed by atoms with Gasteiger partial charge in [0.15, 0.2) is 0 Å². The van der Waals surface area contributed by atoms with Crippen molar-refractivity contribution >= 4 is 28.6 Å². The molecular formula is C14H18N2O2S. The molecule has 19 heavy (non-hydrogen) atoms. The van der Waals surface area contributed by atoms with Crippen LogP contribution >= 0.6 is 11.8 Å². The lowest BCUT2D eigenvalue weighted by atomic mass is 10.1. The second kappa shape index (κ2) is 6.61. The van der Waals surface area contributed by atoms with Crippen molar-refractivity contribution in [2.75, 3.05) is 24.2 Å². The second-order valence-corrected chi connectivity index (χ2v) is 5.50. The van der Waals surface area contributed by atoms with Crippen LogP contribution in [0, 0.1) is 0 Å². The first-order valence-corrected chi connectivity index (χ1v) is 7.48. The number of thioether (sulfide) groups is 1. The van der Waals surface area contributed by atoms with Crippen molar-refractivity contribution in [3.63, 3.8) is 0 Å². The Morgan fingerprint density at radius 1 is 1.37 bits per heavy atom. The molecule has 0 bridgehead atoms. The fourth-order valence-electron chi connectivity index (χ4n) is 1.91. The minimum absolute atomic E-state index is 0.0473. The molecule has 1 aliphatic rings. The van der Waals surface area contributed by atoms with Crippen LogP contribution in [0.5, 0.6) is 0 Å². The van der Waals surface area contributed by atoms with Crippen LogP contribution < -0.4 is 5.32 Å². The number of aryl methyl sites for hydroxylation is 1. The van der Waals surface area contributed by atoms with Gasteiger partial charge in [0.25, 0.3) is 5.24 Å². The molecule has 1 aromatic rings. The van der Waals surface area contributed by atoms with E-state index in [2.05, 4.69) is 12.2 Å². The largest absolute Gasteiger partial charge is 0.332 e. The number of carbonyl (C=O) groups excluding carboxylic acids is 2. The van der Waals surface area contributed by atoms with E-state index in [0.717, 1.165) is 24.4 Å². The summed E-state index contributed by atoms with van der Waals surface area (Å²) in [6, 6.07) is 7.84. The molecule has 0 atom stereocenters. The highest BCUT2D eigenvalue weighted by molar-refractivity contribution is 8.13. The van der Waals surface area contributed by atoms with E-state index in [1.54, 1.807) is 4.90 Å². The van der Waals surface area contributed by atoms with E-state index < -0.39 is 0 Å². The Labute approximate surface area is 117 Å². The zero-order valence-electron chi connectivity index (χ0n) is 11.0. The van der Waals surface area contributed by atoms with E-state index in [1.807, 2.05) is 24.3 Å². The Morgan fingerprint density at radius 3 is 2.68 bits per heavy atom. The topological polar surface area (TPSA) is 49.4 Å². The summed E-state index contributed by atoms with van der Waals surface area (Å²) in [5.41, 5.74) is 2.06. The number of hydrogen-bond donors (Lipinski definition) is 1.